The maximum atomic E-state index is 12.7. The summed E-state index contributed by atoms with van der Waals surface area (Å²) >= 11 is 1.81. The molecule has 174 valence electrons. The predicted octanol–water partition coefficient (Wildman–Crippen LogP) is 8.61. The molecule has 3 heteroatoms. The Balaban J connectivity index is 1.73. The Hall–Kier alpha value is -2.26. The number of aryl methyl sites for hydroxylation is 1. The first-order chi connectivity index (χ1) is 15.6. The second-order valence-electron chi connectivity index (χ2n) is 10.7. The van der Waals surface area contributed by atoms with Gasteiger partial charge in [-0.05, 0) is 82.7 Å². The minimum Gasteiger partial charge on any atom is -0.462 e. The van der Waals surface area contributed by atoms with Gasteiger partial charge in [0.15, 0.2) is 0 Å². The quantitative estimate of drug-likeness (QED) is 0.272. The monoisotopic (exact) mass is 460 g/mol. The van der Waals surface area contributed by atoms with Gasteiger partial charge in [0.2, 0.25) is 0 Å². The van der Waals surface area contributed by atoms with Gasteiger partial charge in [-0.2, -0.15) is 0 Å². The van der Waals surface area contributed by atoms with Crippen molar-refractivity contribution < 1.29 is 9.53 Å². The molecule has 3 aromatic carbocycles. The van der Waals surface area contributed by atoms with E-state index in [9.17, 15) is 4.79 Å². The van der Waals surface area contributed by atoms with Gasteiger partial charge in [0.05, 0.1) is 12.2 Å². The van der Waals surface area contributed by atoms with E-state index in [1.807, 2.05) is 36.0 Å². The van der Waals surface area contributed by atoms with Crippen molar-refractivity contribution in [2.75, 3.05) is 6.61 Å². The van der Waals surface area contributed by atoms with Crippen LogP contribution >= 0.6 is 11.8 Å². The average Bonchev–Trinajstić information content (AvgIpc) is 2.78. The van der Waals surface area contributed by atoms with Gasteiger partial charge in [0, 0.05) is 9.79 Å². The summed E-state index contributed by atoms with van der Waals surface area (Å²) in [5.41, 5.74) is 5.34. The van der Waals surface area contributed by atoms with Crippen LogP contribution in [0.15, 0.2) is 58.3 Å². The van der Waals surface area contributed by atoms with E-state index in [0.29, 0.717) is 12.2 Å². The molecule has 0 N–H and O–H groups in total. The first kappa shape index (κ1) is 23.9. The number of ether oxygens (including phenoxy) is 1. The third-order valence-corrected chi connectivity index (χ3v) is 8.44. The number of fused-ring (bicyclic) bond motifs is 2. The summed E-state index contributed by atoms with van der Waals surface area (Å²) < 4.78 is 5.51. The van der Waals surface area contributed by atoms with Crippen molar-refractivity contribution in [1.29, 1.82) is 0 Å². The summed E-state index contributed by atoms with van der Waals surface area (Å²) in [7, 11) is 0. The van der Waals surface area contributed by atoms with Crippen LogP contribution in [0.2, 0.25) is 0 Å². The number of esters is 1. The van der Waals surface area contributed by atoms with Crippen LogP contribution in [0.3, 0.4) is 0 Å². The molecule has 4 rings (SSSR count). The van der Waals surface area contributed by atoms with E-state index in [4.69, 9.17) is 4.74 Å². The van der Waals surface area contributed by atoms with Crippen molar-refractivity contribution in [1.82, 2.24) is 0 Å². The lowest BCUT2D eigenvalue weighted by Crippen LogP contribution is -2.34. The Labute approximate surface area is 203 Å². The lowest BCUT2D eigenvalue weighted by molar-refractivity contribution is 0.0502. The zero-order valence-corrected chi connectivity index (χ0v) is 21.7. The van der Waals surface area contributed by atoms with Crippen LogP contribution in [0.25, 0.3) is 10.8 Å². The molecule has 0 saturated carbocycles. The minimum atomic E-state index is -0.231. The van der Waals surface area contributed by atoms with Crippen molar-refractivity contribution in [3.63, 3.8) is 0 Å². The maximum absolute atomic E-state index is 12.7. The molecule has 3 aromatic rings. The Kier molecular flexibility index (Phi) is 6.64. The van der Waals surface area contributed by atoms with Gasteiger partial charge < -0.3 is 4.74 Å². The van der Waals surface area contributed by atoms with Gasteiger partial charge in [-0.25, -0.2) is 4.79 Å². The van der Waals surface area contributed by atoms with Gasteiger partial charge in [-0.1, -0.05) is 83.1 Å². The highest BCUT2D eigenvalue weighted by Crippen LogP contribution is 2.48. The molecule has 0 atom stereocenters. The molecular formula is C30H36O2S. The highest BCUT2D eigenvalue weighted by atomic mass is 32.2. The van der Waals surface area contributed by atoms with Crippen LogP contribution in [0, 0.1) is 6.92 Å². The van der Waals surface area contributed by atoms with E-state index >= 15 is 0 Å². The van der Waals surface area contributed by atoms with Crippen molar-refractivity contribution in [3.05, 3.63) is 70.8 Å². The zero-order chi connectivity index (χ0) is 23.8. The van der Waals surface area contributed by atoms with Crippen molar-refractivity contribution >= 4 is 28.5 Å². The molecule has 33 heavy (non-hydrogen) atoms. The molecule has 2 nitrogen and oxygen atoms in total. The van der Waals surface area contributed by atoms with Crippen molar-refractivity contribution in [2.24, 2.45) is 0 Å². The van der Waals surface area contributed by atoms with Crippen LogP contribution < -0.4 is 0 Å². The summed E-state index contributed by atoms with van der Waals surface area (Å²) in [4.78, 5) is 15.2. The maximum Gasteiger partial charge on any atom is 0.338 e. The Morgan fingerprint density at radius 3 is 2.21 bits per heavy atom. The highest BCUT2D eigenvalue weighted by Gasteiger charge is 2.37. The fourth-order valence-corrected chi connectivity index (χ4v) is 5.91. The van der Waals surface area contributed by atoms with Gasteiger partial charge in [-0.3, -0.25) is 0 Å². The van der Waals surface area contributed by atoms with E-state index < -0.39 is 0 Å². The van der Waals surface area contributed by atoms with Gasteiger partial charge in [0.25, 0.3) is 0 Å². The van der Waals surface area contributed by atoms with Crippen LogP contribution in [0.1, 0.15) is 87.4 Å². The summed E-state index contributed by atoms with van der Waals surface area (Å²) in [6.07, 6.45) is 4.33. The second-order valence-corrected chi connectivity index (χ2v) is 11.8. The van der Waals surface area contributed by atoms with Crippen LogP contribution in [-0.4, -0.2) is 12.6 Å². The Bertz CT molecular complexity index is 1190. The molecule has 0 radical (unpaired) electrons. The first-order valence-corrected chi connectivity index (χ1v) is 13.0. The molecule has 0 fully saturated rings. The molecule has 1 aliphatic carbocycles. The molecule has 0 unspecified atom stereocenters. The molecule has 0 saturated heterocycles. The summed E-state index contributed by atoms with van der Waals surface area (Å²) in [6, 6.07) is 17.0. The van der Waals surface area contributed by atoms with Gasteiger partial charge in [0.1, 0.15) is 0 Å². The predicted molar refractivity (Wildman–Crippen MR) is 140 cm³/mol. The third kappa shape index (κ3) is 4.71. The number of carbonyl (C=O) groups is 1. The second kappa shape index (κ2) is 9.18. The lowest BCUT2D eigenvalue weighted by Gasteiger charge is -2.42. The number of rotatable bonds is 6. The Morgan fingerprint density at radius 1 is 0.909 bits per heavy atom. The summed E-state index contributed by atoms with van der Waals surface area (Å²) in [5, 5.41) is 2.06. The fraction of sp³-hybridized carbons (Fsp3) is 0.433. The molecule has 0 heterocycles. The molecule has 0 aliphatic heterocycles. The molecular weight excluding hydrogens is 424 g/mol. The van der Waals surface area contributed by atoms with Crippen molar-refractivity contribution in [2.45, 2.75) is 87.8 Å². The van der Waals surface area contributed by atoms with E-state index in [1.165, 1.54) is 39.3 Å². The van der Waals surface area contributed by atoms with E-state index in [1.54, 1.807) is 0 Å². The molecule has 0 spiro atoms. The van der Waals surface area contributed by atoms with Crippen LogP contribution in [-0.2, 0) is 15.6 Å². The standard InChI is InChI=1S/C30H36O2S/c1-7-8-17-32-28(31)23-13-14-26(22-12-10-9-11-21(22)23)33-27-19-25-24(18-20(27)2)29(3,4)15-16-30(25,5)6/h9-14,18-19H,7-8,15-17H2,1-6H3. The topological polar surface area (TPSA) is 26.3 Å². The number of unbranched alkanes of at least 4 members (excludes halogenated alkanes) is 1. The zero-order valence-electron chi connectivity index (χ0n) is 20.9. The van der Waals surface area contributed by atoms with E-state index in [-0.39, 0.29) is 16.8 Å². The fourth-order valence-electron chi connectivity index (χ4n) is 4.86. The van der Waals surface area contributed by atoms with Crippen molar-refractivity contribution in [3.8, 4) is 0 Å². The normalized spacial score (nSPS) is 16.4. The van der Waals surface area contributed by atoms with Gasteiger partial charge in [-0.15, -0.1) is 0 Å². The number of benzene rings is 3. The van der Waals surface area contributed by atoms with Crippen LogP contribution in [0.4, 0.5) is 0 Å². The molecule has 0 aromatic heterocycles. The summed E-state index contributed by atoms with van der Waals surface area (Å²) in [5.74, 6) is -0.231. The average molecular weight is 461 g/mol. The highest BCUT2D eigenvalue weighted by molar-refractivity contribution is 7.99. The summed E-state index contributed by atoms with van der Waals surface area (Å²) in [6.45, 7) is 14.3. The first-order valence-electron chi connectivity index (χ1n) is 12.2. The molecule has 1 aliphatic rings. The number of hydrogen-bond donors (Lipinski definition) is 0. The Morgan fingerprint density at radius 2 is 1.55 bits per heavy atom. The van der Waals surface area contributed by atoms with Gasteiger partial charge >= 0.3 is 5.97 Å². The number of carbonyl (C=O) groups excluding carboxylic acids is 1. The lowest BCUT2D eigenvalue weighted by atomic mass is 9.63. The third-order valence-electron chi connectivity index (χ3n) is 7.20. The largest absolute Gasteiger partial charge is 0.462 e. The van der Waals surface area contributed by atoms with Crippen LogP contribution in [0.5, 0.6) is 0 Å². The smallest absolute Gasteiger partial charge is 0.338 e. The SMILES string of the molecule is CCCCOC(=O)c1ccc(Sc2cc3c(cc2C)C(C)(C)CCC3(C)C)c2ccccc12. The minimum absolute atomic E-state index is 0.183. The van der Waals surface area contributed by atoms with E-state index in [0.717, 1.165) is 23.6 Å². The number of hydrogen-bond acceptors (Lipinski definition) is 3. The van der Waals surface area contributed by atoms with E-state index in [2.05, 4.69) is 65.8 Å². The molecule has 0 bridgehead atoms. The molecule has 0 amide bonds.